The number of benzene rings is 2. The predicted molar refractivity (Wildman–Crippen MR) is 122 cm³/mol. The molecule has 5 N–H and O–H groups in total. The third-order valence-corrected chi connectivity index (χ3v) is 4.86. The molecule has 3 aromatic rings. The Kier molecular flexibility index (Phi) is 8.31. The largest absolute Gasteiger partial charge is 0.445 e. The summed E-state index contributed by atoms with van der Waals surface area (Å²) in [5, 5.41) is 15.9. The van der Waals surface area contributed by atoms with Crippen LogP contribution in [0.1, 0.15) is 17.7 Å². The number of nitrogens with zero attached hydrogens (tertiary/aromatic N) is 1. The van der Waals surface area contributed by atoms with Gasteiger partial charge in [-0.15, -0.1) is 0 Å². The fourth-order valence-electron chi connectivity index (χ4n) is 3.17. The molecule has 0 aliphatic heterocycles. The lowest BCUT2D eigenvalue weighted by Gasteiger charge is -2.17. The average molecular weight is 450 g/mol. The Morgan fingerprint density at radius 1 is 1.00 bits per heavy atom. The summed E-state index contributed by atoms with van der Waals surface area (Å²) in [5.41, 5.74) is 7.63. The summed E-state index contributed by atoms with van der Waals surface area (Å²) < 4.78 is 5.05. The topological polar surface area (TPSA) is 144 Å². The van der Waals surface area contributed by atoms with Crippen molar-refractivity contribution in [1.82, 2.24) is 15.6 Å². The first-order valence-corrected chi connectivity index (χ1v) is 10.5. The highest BCUT2D eigenvalue weighted by Gasteiger charge is 2.21. The van der Waals surface area contributed by atoms with Crippen LogP contribution in [-0.2, 0) is 27.4 Å². The maximum Gasteiger partial charge on any atom is 0.407 e. The maximum absolute atomic E-state index is 12.3. The van der Waals surface area contributed by atoms with Crippen molar-refractivity contribution < 1.29 is 24.2 Å². The van der Waals surface area contributed by atoms with Crippen LogP contribution in [0.2, 0.25) is 0 Å². The van der Waals surface area contributed by atoms with Gasteiger partial charge in [-0.2, -0.15) is 0 Å². The third-order valence-electron chi connectivity index (χ3n) is 4.86. The Morgan fingerprint density at radius 3 is 2.48 bits per heavy atom. The zero-order valence-corrected chi connectivity index (χ0v) is 17.9. The number of hydrogen-bond donors (Lipinski definition) is 4. The van der Waals surface area contributed by atoms with E-state index in [1.54, 1.807) is 6.07 Å². The highest BCUT2D eigenvalue weighted by atomic mass is 16.5. The van der Waals surface area contributed by atoms with E-state index in [2.05, 4.69) is 15.6 Å². The molecule has 0 bridgehead atoms. The number of carbonyl (C=O) groups is 3. The second-order valence-electron chi connectivity index (χ2n) is 7.52. The molecule has 33 heavy (non-hydrogen) atoms. The number of aromatic nitrogens is 1. The van der Waals surface area contributed by atoms with Crippen molar-refractivity contribution in [3.63, 3.8) is 0 Å². The molecule has 172 valence electrons. The fourth-order valence-corrected chi connectivity index (χ4v) is 3.17. The van der Waals surface area contributed by atoms with Gasteiger partial charge in [-0.3, -0.25) is 14.6 Å². The zero-order valence-electron chi connectivity index (χ0n) is 17.9. The lowest BCUT2D eigenvalue weighted by atomic mass is 10.1. The van der Waals surface area contributed by atoms with E-state index in [0.717, 1.165) is 16.5 Å². The van der Waals surface area contributed by atoms with Crippen LogP contribution in [0.25, 0.3) is 10.9 Å². The number of rotatable bonds is 10. The summed E-state index contributed by atoms with van der Waals surface area (Å²) >= 11 is 0. The van der Waals surface area contributed by atoms with Crippen LogP contribution in [0.5, 0.6) is 0 Å². The molecule has 1 heterocycles. The van der Waals surface area contributed by atoms with Gasteiger partial charge in [-0.25, -0.2) is 4.79 Å². The van der Waals surface area contributed by atoms with Crippen LogP contribution < -0.4 is 16.4 Å². The molecule has 1 aromatic heterocycles. The number of ether oxygens (including phenoxy) is 1. The van der Waals surface area contributed by atoms with Crippen molar-refractivity contribution in [3.8, 4) is 0 Å². The lowest BCUT2D eigenvalue weighted by Crippen LogP contribution is -2.47. The van der Waals surface area contributed by atoms with Crippen molar-refractivity contribution in [2.45, 2.75) is 31.6 Å². The minimum atomic E-state index is -1.17. The summed E-state index contributed by atoms with van der Waals surface area (Å²) in [4.78, 5) is 40.4. The first kappa shape index (κ1) is 23.7. The van der Waals surface area contributed by atoms with Crippen molar-refractivity contribution in [2.24, 2.45) is 5.73 Å². The molecule has 0 radical (unpaired) electrons. The van der Waals surface area contributed by atoms with Gasteiger partial charge in [0, 0.05) is 24.0 Å². The molecular formula is C24H26N4O5. The molecule has 0 saturated heterocycles. The van der Waals surface area contributed by atoms with Gasteiger partial charge in [0.2, 0.25) is 11.8 Å². The number of amides is 3. The fraction of sp³-hybridized carbons (Fsp3) is 0.250. The van der Waals surface area contributed by atoms with E-state index in [1.807, 2.05) is 60.7 Å². The van der Waals surface area contributed by atoms with E-state index in [9.17, 15) is 19.5 Å². The number of nitrogens with two attached hydrogens (primary N) is 1. The second-order valence-corrected chi connectivity index (χ2v) is 7.52. The minimum absolute atomic E-state index is 0.0896. The zero-order chi connectivity index (χ0) is 23.6. The Morgan fingerprint density at radius 2 is 1.73 bits per heavy atom. The lowest BCUT2D eigenvalue weighted by molar-refractivity contribution is -0.128. The molecular weight excluding hydrogens is 424 g/mol. The molecule has 0 spiro atoms. The van der Waals surface area contributed by atoms with Crippen molar-refractivity contribution >= 4 is 28.8 Å². The predicted octanol–water partition coefficient (Wildman–Crippen LogP) is 1.42. The number of aliphatic hydroxyl groups excluding tert-OH is 1. The molecule has 2 atom stereocenters. The van der Waals surface area contributed by atoms with Crippen molar-refractivity contribution in [1.29, 1.82) is 0 Å². The van der Waals surface area contributed by atoms with E-state index < -0.39 is 30.1 Å². The normalized spacial score (nSPS) is 12.5. The Balaban J connectivity index is 1.44. The average Bonchev–Trinajstić information content (AvgIpc) is 2.81. The highest BCUT2D eigenvalue weighted by Crippen LogP contribution is 2.13. The molecule has 3 rings (SSSR count). The van der Waals surface area contributed by atoms with E-state index in [0.29, 0.717) is 5.69 Å². The summed E-state index contributed by atoms with van der Waals surface area (Å²) in [6.45, 7) is -0.0964. The summed E-state index contributed by atoms with van der Waals surface area (Å²) in [7, 11) is 0. The number of fused-ring (bicyclic) bond motifs is 1. The van der Waals surface area contributed by atoms with Crippen molar-refractivity contribution in [3.05, 3.63) is 78.0 Å². The number of carbonyl (C=O) groups excluding carboxylic acids is 3. The monoisotopic (exact) mass is 450 g/mol. The Hall–Kier alpha value is -3.98. The quantitative estimate of drug-likeness (QED) is 0.368. The summed E-state index contributed by atoms with van der Waals surface area (Å²) in [5.74, 6) is -1.29. The van der Waals surface area contributed by atoms with Crippen LogP contribution >= 0.6 is 0 Å². The Labute approximate surface area is 191 Å². The van der Waals surface area contributed by atoms with Crippen LogP contribution in [0.15, 0.2) is 66.7 Å². The van der Waals surface area contributed by atoms with Crippen LogP contribution in [0, 0.1) is 0 Å². The first-order chi connectivity index (χ1) is 15.9. The summed E-state index contributed by atoms with van der Waals surface area (Å²) in [6.07, 6.45) is -2.09. The van der Waals surface area contributed by atoms with Gasteiger partial charge in [-0.05, 0) is 17.7 Å². The molecule has 2 aromatic carbocycles. The van der Waals surface area contributed by atoms with Gasteiger partial charge in [0.1, 0.15) is 12.6 Å². The van der Waals surface area contributed by atoms with E-state index >= 15 is 0 Å². The number of nitrogens with one attached hydrogen (secondary N) is 2. The molecule has 0 saturated carbocycles. The maximum atomic E-state index is 12.3. The standard InChI is InChI=1S/C24H26N4O5/c25-23(31)21(12-18-11-10-17-8-4-5-9-20(17)27-18)28-22(30)13-19(29)14-26-24(32)33-15-16-6-2-1-3-7-16/h1-11,19,21,29H,12-15H2,(H2,25,31)(H,26,32)(H,28,30)/t19-,21-/m0/s1. The molecule has 0 fully saturated rings. The number of pyridine rings is 1. The smallest absolute Gasteiger partial charge is 0.407 e. The van der Waals surface area contributed by atoms with E-state index in [-0.39, 0.29) is 26.0 Å². The number of primary amides is 1. The van der Waals surface area contributed by atoms with Crippen LogP contribution in [0.4, 0.5) is 4.79 Å². The number of alkyl carbamates (subject to hydrolysis) is 1. The van der Waals surface area contributed by atoms with Gasteiger partial charge in [0.25, 0.3) is 0 Å². The molecule has 0 unspecified atom stereocenters. The van der Waals surface area contributed by atoms with E-state index in [4.69, 9.17) is 10.5 Å². The number of para-hydroxylation sites is 1. The third kappa shape index (κ3) is 7.58. The highest BCUT2D eigenvalue weighted by molar-refractivity contribution is 5.87. The second kappa shape index (κ2) is 11.6. The molecule has 0 aliphatic carbocycles. The summed E-state index contributed by atoms with van der Waals surface area (Å²) in [6, 6.07) is 19.3. The van der Waals surface area contributed by atoms with Gasteiger partial charge in [0.15, 0.2) is 0 Å². The van der Waals surface area contributed by atoms with Crippen LogP contribution in [-0.4, -0.2) is 46.7 Å². The SMILES string of the molecule is NC(=O)[C@H](Cc1ccc2ccccc2n1)NC(=O)C[C@H](O)CNC(=O)OCc1ccccc1. The number of aliphatic hydroxyl groups is 1. The van der Waals surface area contributed by atoms with Gasteiger partial charge in [-0.1, -0.05) is 54.6 Å². The first-order valence-electron chi connectivity index (χ1n) is 10.5. The number of hydrogen-bond acceptors (Lipinski definition) is 6. The molecule has 3 amide bonds. The van der Waals surface area contributed by atoms with Crippen molar-refractivity contribution in [2.75, 3.05) is 6.54 Å². The minimum Gasteiger partial charge on any atom is -0.445 e. The van der Waals surface area contributed by atoms with Crippen LogP contribution in [0.3, 0.4) is 0 Å². The Bertz CT molecular complexity index is 1110. The van der Waals surface area contributed by atoms with Gasteiger partial charge < -0.3 is 26.2 Å². The molecule has 0 aliphatic rings. The molecule has 9 nitrogen and oxygen atoms in total. The molecule has 9 heteroatoms. The van der Waals surface area contributed by atoms with E-state index in [1.165, 1.54) is 0 Å². The van der Waals surface area contributed by atoms with Gasteiger partial charge >= 0.3 is 6.09 Å². The van der Waals surface area contributed by atoms with Gasteiger partial charge in [0.05, 0.1) is 18.0 Å².